The van der Waals surface area contributed by atoms with Crippen molar-refractivity contribution in [3.05, 3.63) is 78.4 Å². The first-order valence-corrected chi connectivity index (χ1v) is 13.2. The van der Waals surface area contributed by atoms with Gasteiger partial charge < -0.3 is 23.9 Å². The molecule has 9 heteroatoms. The maximum Gasteiger partial charge on any atom is 0.233 e. The minimum atomic E-state index is -4.03. The number of rotatable bonds is 9. The first-order chi connectivity index (χ1) is 17.5. The first kappa shape index (κ1) is 23.7. The van der Waals surface area contributed by atoms with Gasteiger partial charge in [0.25, 0.3) is 0 Å². The summed E-state index contributed by atoms with van der Waals surface area (Å²) in [6.07, 6.45) is 0.684. The summed E-state index contributed by atoms with van der Waals surface area (Å²) < 4.78 is 49.9. The van der Waals surface area contributed by atoms with Crippen LogP contribution in [0.25, 0.3) is 11.5 Å². The lowest BCUT2D eigenvalue weighted by molar-refractivity contribution is 0.171. The Bertz CT molecular complexity index is 1430. The maximum atomic E-state index is 13.7. The molecule has 0 atom stereocenters. The highest BCUT2D eigenvalue weighted by atomic mass is 32.2. The normalized spacial score (nSPS) is 12.8. The molecule has 186 valence electrons. The smallest absolute Gasteiger partial charge is 0.233 e. The van der Waals surface area contributed by atoms with E-state index in [1.165, 1.54) is 12.1 Å². The number of sulfone groups is 1. The number of nitrogens with one attached hydrogen (secondary N) is 1. The zero-order valence-electron chi connectivity index (χ0n) is 19.8. The van der Waals surface area contributed by atoms with Gasteiger partial charge in [0.1, 0.15) is 19.0 Å². The van der Waals surface area contributed by atoms with E-state index in [0.717, 1.165) is 5.56 Å². The number of hydrogen-bond donors (Lipinski definition) is 1. The van der Waals surface area contributed by atoms with E-state index < -0.39 is 9.84 Å². The van der Waals surface area contributed by atoms with Crippen LogP contribution in [0.5, 0.6) is 17.2 Å². The number of fused-ring (bicyclic) bond motifs is 1. The minimum absolute atomic E-state index is 0.0457. The van der Waals surface area contributed by atoms with Crippen molar-refractivity contribution in [2.45, 2.75) is 23.3 Å². The van der Waals surface area contributed by atoms with E-state index in [0.29, 0.717) is 55.6 Å². The third-order valence-corrected chi connectivity index (χ3v) is 7.29. The second-order valence-corrected chi connectivity index (χ2v) is 9.95. The average Bonchev–Trinajstić information content (AvgIpc) is 3.35. The first-order valence-electron chi connectivity index (χ1n) is 11.7. The zero-order chi connectivity index (χ0) is 25.0. The molecule has 36 heavy (non-hydrogen) atoms. The number of benzene rings is 3. The molecule has 1 aliphatic heterocycles. The van der Waals surface area contributed by atoms with Crippen LogP contribution in [0.3, 0.4) is 0 Å². The van der Waals surface area contributed by atoms with Gasteiger partial charge in [-0.15, -0.1) is 0 Å². The highest BCUT2D eigenvalue weighted by Gasteiger charge is 2.30. The fraction of sp³-hybridized carbons (Fsp3) is 0.222. The molecule has 4 aromatic rings. The van der Waals surface area contributed by atoms with E-state index in [-0.39, 0.29) is 21.7 Å². The number of anilines is 1. The van der Waals surface area contributed by atoms with Gasteiger partial charge in [-0.3, -0.25) is 0 Å². The van der Waals surface area contributed by atoms with Crippen molar-refractivity contribution >= 4 is 15.7 Å². The Morgan fingerprint density at radius 3 is 2.44 bits per heavy atom. The van der Waals surface area contributed by atoms with E-state index in [1.807, 2.05) is 37.3 Å². The van der Waals surface area contributed by atoms with Gasteiger partial charge in [0.15, 0.2) is 11.5 Å². The van der Waals surface area contributed by atoms with Gasteiger partial charge in [-0.05, 0) is 55.3 Å². The summed E-state index contributed by atoms with van der Waals surface area (Å²) in [5.41, 5.74) is 1.75. The van der Waals surface area contributed by atoms with E-state index >= 15 is 0 Å². The SMILES string of the molecule is CCOc1ccc(-c2nc(S(=O)(=O)c3ccc4c(c3)OCCO4)c(NCCc3ccccc3)o2)cc1. The molecule has 3 aromatic carbocycles. The molecule has 0 aliphatic carbocycles. The van der Waals surface area contributed by atoms with E-state index in [4.69, 9.17) is 18.6 Å². The second kappa shape index (κ2) is 10.3. The second-order valence-electron chi connectivity index (χ2n) is 8.08. The summed E-state index contributed by atoms with van der Waals surface area (Å²) >= 11 is 0. The molecular formula is C27H26N2O6S. The summed E-state index contributed by atoms with van der Waals surface area (Å²) in [7, 11) is -4.03. The van der Waals surface area contributed by atoms with Crippen LogP contribution >= 0.6 is 0 Å². The van der Waals surface area contributed by atoms with Gasteiger partial charge in [-0.25, -0.2) is 8.42 Å². The fourth-order valence-electron chi connectivity index (χ4n) is 3.85. The molecular weight excluding hydrogens is 480 g/mol. The molecule has 0 amide bonds. The van der Waals surface area contributed by atoms with Crippen molar-refractivity contribution in [1.29, 1.82) is 0 Å². The predicted molar refractivity (Wildman–Crippen MR) is 135 cm³/mol. The third-order valence-electron chi connectivity index (χ3n) is 5.63. The molecule has 0 saturated carbocycles. The zero-order valence-corrected chi connectivity index (χ0v) is 20.6. The van der Waals surface area contributed by atoms with Gasteiger partial charge in [0.05, 0.1) is 11.5 Å². The van der Waals surface area contributed by atoms with Crippen molar-refractivity contribution in [3.8, 4) is 28.7 Å². The largest absolute Gasteiger partial charge is 0.494 e. The lowest BCUT2D eigenvalue weighted by Crippen LogP contribution is -2.16. The summed E-state index contributed by atoms with van der Waals surface area (Å²) in [4.78, 5) is 4.46. The van der Waals surface area contributed by atoms with Crippen LogP contribution in [0, 0.1) is 0 Å². The Morgan fingerprint density at radius 1 is 0.944 bits per heavy atom. The number of oxazole rings is 1. The predicted octanol–water partition coefficient (Wildman–Crippen LogP) is 5.00. The summed E-state index contributed by atoms with van der Waals surface area (Å²) in [6.45, 7) is 3.69. The molecule has 0 radical (unpaired) electrons. The Kier molecular flexibility index (Phi) is 6.81. The molecule has 1 aromatic heterocycles. The highest BCUT2D eigenvalue weighted by molar-refractivity contribution is 7.91. The van der Waals surface area contributed by atoms with Crippen LogP contribution < -0.4 is 19.5 Å². The topological polar surface area (TPSA) is 99.9 Å². The van der Waals surface area contributed by atoms with Gasteiger partial charge in [-0.2, -0.15) is 4.98 Å². The van der Waals surface area contributed by atoms with Crippen LogP contribution in [0.15, 0.2) is 87.1 Å². The van der Waals surface area contributed by atoms with E-state index in [9.17, 15) is 8.42 Å². The monoisotopic (exact) mass is 506 g/mol. The lowest BCUT2D eigenvalue weighted by Gasteiger charge is -2.18. The highest BCUT2D eigenvalue weighted by Crippen LogP contribution is 2.37. The minimum Gasteiger partial charge on any atom is -0.494 e. The van der Waals surface area contributed by atoms with Crippen LogP contribution in [0.1, 0.15) is 12.5 Å². The van der Waals surface area contributed by atoms with Crippen molar-refractivity contribution in [1.82, 2.24) is 4.98 Å². The summed E-state index contributed by atoms with van der Waals surface area (Å²) in [6, 6.07) is 21.6. The van der Waals surface area contributed by atoms with Crippen LogP contribution in [0.4, 0.5) is 5.88 Å². The number of hydrogen-bond acceptors (Lipinski definition) is 8. The molecule has 2 heterocycles. The molecule has 0 spiro atoms. The van der Waals surface area contributed by atoms with Crippen LogP contribution in [-0.4, -0.2) is 39.8 Å². The molecule has 8 nitrogen and oxygen atoms in total. The Morgan fingerprint density at radius 2 is 1.69 bits per heavy atom. The summed E-state index contributed by atoms with van der Waals surface area (Å²) in [5.74, 6) is 1.88. The van der Waals surface area contributed by atoms with E-state index in [2.05, 4.69) is 10.3 Å². The fourth-order valence-corrected chi connectivity index (χ4v) is 5.15. The van der Waals surface area contributed by atoms with Crippen molar-refractivity contribution in [2.24, 2.45) is 0 Å². The van der Waals surface area contributed by atoms with Gasteiger partial charge >= 0.3 is 0 Å². The standard InChI is InChI=1S/C27H26N2O6S/c1-2-32-21-10-8-20(9-11-21)25-29-27(26(35-25)28-15-14-19-6-4-3-5-7-19)36(30,31)22-12-13-23-24(18-22)34-17-16-33-23/h3-13,18,28H,2,14-17H2,1H3. The van der Waals surface area contributed by atoms with Gasteiger partial charge in [0, 0.05) is 18.2 Å². The Hall–Kier alpha value is -3.98. The number of aromatic nitrogens is 1. The number of ether oxygens (including phenoxy) is 3. The van der Waals surface area contributed by atoms with Gasteiger partial charge in [-0.1, -0.05) is 30.3 Å². The maximum absolute atomic E-state index is 13.7. The van der Waals surface area contributed by atoms with Crippen LogP contribution in [0.2, 0.25) is 0 Å². The van der Waals surface area contributed by atoms with E-state index in [1.54, 1.807) is 30.3 Å². The molecule has 1 N–H and O–H groups in total. The summed E-state index contributed by atoms with van der Waals surface area (Å²) in [5, 5.41) is 2.95. The Labute approximate surface area is 209 Å². The van der Waals surface area contributed by atoms with Crippen LogP contribution in [-0.2, 0) is 16.3 Å². The van der Waals surface area contributed by atoms with Crippen molar-refractivity contribution < 1.29 is 27.0 Å². The molecule has 0 saturated heterocycles. The van der Waals surface area contributed by atoms with Gasteiger partial charge in [0.2, 0.25) is 26.6 Å². The molecule has 1 aliphatic rings. The molecule has 0 bridgehead atoms. The van der Waals surface area contributed by atoms with Crippen molar-refractivity contribution in [2.75, 3.05) is 31.7 Å². The molecule has 0 unspecified atom stereocenters. The quantitative estimate of drug-likeness (QED) is 0.339. The lowest BCUT2D eigenvalue weighted by atomic mass is 10.1. The third kappa shape index (κ3) is 5.01. The average molecular weight is 507 g/mol. The number of nitrogens with zero attached hydrogens (tertiary/aromatic N) is 1. The molecule has 0 fully saturated rings. The molecule has 5 rings (SSSR count). The van der Waals surface area contributed by atoms with Crippen molar-refractivity contribution in [3.63, 3.8) is 0 Å². The Balaban J connectivity index is 1.48.